The number of hydrogen-bond acceptors (Lipinski definition) is 3. The van der Waals surface area contributed by atoms with Gasteiger partial charge in [0.1, 0.15) is 0 Å². The van der Waals surface area contributed by atoms with Crippen LogP contribution in [0.25, 0.3) is 0 Å². The normalized spacial score (nSPS) is 10.3. The molecule has 0 aliphatic heterocycles. The van der Waals surface area contributed by atoms with Crippen molar-refractivity contribution in [3.63, 3.8) is 0 Å². The standard InChI is InChI=1S/C18H22N2O2/c1-20(2)17-10-6-9-14(11-17)18(21)19-12-15-7-4-5-8-16(15)13-22-3/h4-11H,12-13H2,1-3H3,(H,19,21). The number of methoxy groups -OCH3 is 1. The number of anilines is 1. The topological polar surface area (TPSA) is 41.6 Å². The van der Waals surface area contributed by atoms with Crippen LogP contribution in [0, 0.1) is 0 Å². The zero-order valence-corrected chi connectivity index (χ0v) is 13.3. The molecule has 0 saturated heterocycles. The van der Waals surface area contributed by atoms with E-state index in [9.17, 15) is 4.79 Å². The number of carbonyl (C=O) groups excluding carboxylic acids is 1. The van der Waals surface area contributed by atoms with Crippen molar-refractivity contribution in [2.24, 2.45) is 0 Å². The fraction of sp³-hybridized carbons (Fsp3) is 0.278. The summed E-state index contributed by atoms with van der Waals surface area (Å²) in [4.78, 5) is 14.3. The second kappa shape index (κ2) is 7.61. The number of rotatable bonds is 6. The quantitative estimate of drug-likeness (QED) is 0.891. The average molecular weight is 298 g/mol. The molecule has 0 aliphatic rings. The van der Waals surface area contributed by atoms with E-state index in [0.717, 1.165) is 16.8 Å². The van der Waals surface area contributed by atoms with E-state index in [4.69, 9.17) is 4.74 Å². The first kappa shape index (κ1) is 16.0. The number of carbonyl (C=O) groups is 1. The highest BCUT2D eigenvalue weighted by Gasteiger charge is 2.08. The molecule has 0 aliphatic carbocycles. The smallest absolute Gasteiger partial charge is 0.251 e. The molecule has 4 nitrogen and oxygen atoms in total. The molecule has 0 radical (unpaired) electrons. The number of amides is 1. The van der Waals surface area contributed by atoms with Gasteiger partial charge in [-0.3, -0.25) is 4.79 Å². The van der Waals surface area contributed by atoms with E-state index in [1.54, 1.807) is 7.11 Å². The lowest BCUT2D eigenvalue weighted by Crippen LogP contribution is -2.23. The number of nitrogens with zero attached hydrogens (tertiary/aromatic N) is 1. The largest absolute Gasteiger partial charge is 0.380 e. The van der Waals surface area contributed by atoms with E-state index in [0.29, 0.717) is 18.7 Å². The van der Waals surface area contributed by atoms with Crippen LogP contribution < -0.4 is 10.2 Å². The first-order valence-corrected chi connectivity index (χ1v) is 7.23. The summed E-state index contributed by atoms with van der Waals surface area (Å²) in [5, 5.41) is 2.97. The fourth-order valence-electron chi connectivity index (χ4n) is 2.23. The highest BCUT2D eigenvalue weighted by atomic mass is 16.5. The van der Waals surface area contributed by atoms with Crippen LogP contribution in [0.3, 0.4) is 0 Å². The summed E-state index contributed by atoms with van der Waals surface area (Å²) in [7, 11) is 5.58. The van der Waals surface area contributed by atoms with E-state index in [-0.39, 0.29) is 5.91 Å². The van der Waals surface area contributed by atoms with Crippen molar-refractivity contribution in [2.45, 2.75) is 13.2 Å². The van der Waals surface area contributed by atoms with Crippen molar-refractivity contribution in [3.05, 3.63) is 65.2 Å². The van der Waals surface area contributed by atoms with Gasteiger partial charge in [-0.1, -0.05) is 30.3 Å². The van der Waals surface area contributed by atoms with Crippen LogP contribution in [0.15, 0.2) is 48.5 Å². The number of hydrogen-bond donors (Lipinski definition) is 1. The Morgan fingerprint density at radius 2 is 1.82 bits per heavy atom. The molecule has 0 fully saturated rings. The summed E-state index contributed by atoms with van der Waals surface area (Å²) < 4.78 is 5.18. The second-order valence-corrected chi connectivity index (χ2v) is 5.33. The van der Waals surface area contributed by atoms with Crippen molar-refractivity contribution >= 4 is 11.6 Å². The highest BCUT2D eigenvalue weighted by Crippen LogP contribution is 2.14. The molecule has 0 saturated carbocycles. The summed E-state index contributed by atoms with van der Waals surface area (Å²) >= 11 is 0. The molecule has 0 unspecified atom stereocenters. The SMILES string of the molecule is COCc1ccccc1CNC(=O)c1cccc(N(C)C)c1. The van der Waals surface area contributed by atoms with Gasteiger partial charge in [0.2, 0.25) is 0 Å². The molecule has 0 atom stereocenters. The van der Waals surface area contributed by atoms with Gasteiger partial charge in [-0.2, -0.15) is 0 Å². The molecule has 2 rings (SSSR count). The Balaban J connectivity index is 2.05. The predicted octanol–water partition coefficient (Wildman–Crippen LogP) is 2.83. The van der Waals surface area contributed by atoms with Gasteiger partial charge in [-0.25, -0.2) is 0 Å². The Morgan fingerprint density at radius 1 is 1.09 bits per heavy atom. The Bertz CT molecular complexity index is 638. The minimum absolute atomic E-state index is 0.0732. The second-order valence-electron chi connectivity index (χ2n) is 5.33. The fourth-order valence-corrected chi connectivity index (χ4v) is 2.23. The lowest BCUT2D eigenvalue weighted by atomic mass is 10.1. The minimum atomic E-state index is -0.0732. The summed E-state index contributed by atoms with van der Waals surface area (Å²) in [6, 6.07) is 15.5. The first-order chi connectivity index (χ1) is 10.6. The van der Waals surface area contributed by atoms with Crippen LogP contribution in [0.1, 0.15) is 21.5 Å². The van der Waals surface area contributed by atoms with Gasteiger partial charge in [-0.15, -0.1) is 0 Å². The van der Waals surface area contributed by atoms with Crippen molar-refractivity contribution in [2.75, 3.05) is 26.1 Å². The van der Waals surface area contributed by atoms with Crippen LogP contribution >= 0.6 is 0 Å². The molecule has 2 aromatic carbocycles. The summed E-state index contributed by atoms with van der Waals surface area (Å²) in [5.74, 6) is -0.0732. The molecule has 1 N–H and O–H groups in total. The molecule has 4 heteroatoms. The molecule has 2 aromatic rings. The third kappa shape index (κ3) is 4.09. The maximum absolute atomic E-state index is 12.3. The maximum atomic E-state index is 12.3. The van der Waals surface area contributed by atoms with Gasteiger partial charge in [0.25, 0.3) is 5.91 Å². The number of benzene rings is 2. The van der Waals surface area contributed by atoms with Gasteiger partial charge >= 0.3 is 0 Å². The van der Waals surface area contributed by atoms with E-state index >= 15 is 0 Å². The first-order valence-electron chi connectivity index (χ1n) is 7.23. The Hall–Kier alpha value is -2.33. The summed E-state index contributed by atoms with van der Waals surface area (Å²) in [6.07, 6.45) is 0. The summed E-state index contributed by atoms with van der Waals surface area (Å²) in [5.41, 5.74) is 3.83. The van der Waals surface area contributed by atoms with Gasteiger partial charge in [0.15, 0.2) is 0 Å². The number of nitrogens with one attached hydrogen (secondary N) is 1. The third-order valence-corrected chi connectivity index (χ3v) is 3.48. The molecular formula is C18H22N2O2. The highest BCUT2D eigenvalue weighted by molar-refractivity contribution is 5.95. The molecule has 0 spiro atoms. The Kier molecular flexibility index (Phi) is 5.55. The lowest BCUT2D eigenvalue weighted by Gasteiger charge is -2.14. The van der Waals surface area contributed by atoms with E-state index in [2.05, 4.69) is 5.32 Å². The molecule has 116 valence electrons. The van der Waals surface area contributed by atoms with E-state index in [1.165, 1.54) is 0 Å². The van der Waals surface area contributed by atoms with Crippen molar-refractivity contribution in [1.29, 1.82) is 0 Å². The Morgan fingerprint density at radius 3 is 2.50 bits per heavy atom. The Labute approximate surface area is 131 Å². The molecule has 0 aromatic heterocycles. The van der Waals surface area contributed by atoms with Gasteiger partial charge in [0.05, 0.1) is 6.61 Å². The zero-order chi connectivity index (χ0) is 15.9. The van der Waals surface area contributed by atoms with E-state index in [1.807, 2.05) is 67.5 Å². The monoisotopic (exact) mass is 298 g/mol. The maximum Gasteiger partial charge on any atom is 0.251 e. The van der Waals surface area contributed by atoms with Gasteiger partial charge < -0.3 is 15.0 Å². The molecular weight excluding hydrogens is 276 g/mol. The molecule has 22 heavy (non-hydrogen) atoms. The third-order valence-electron chi connectivity index (χ3n) is 3.48. The van der Waals surface area contributed by atoms with Crippen LogP contribution in [0.5, 0.6) is 0 Å². The van der Waals surface area contributed by atoms with Crippen LogP contribution in [0.2, 0.25) is 0 Å². The minimum Gasteiger partial charge on any atom is -0.380 e. The lowest BCUT2D eigenvalue weighted by molar-refractivity contribution is 0.0950. The van der Waals surface area contributed by atoms with Gasteiger partial charge in [-0.05, 0) is 29.3 Å². The summed E-state index contributed by atoms with van der Waals surface area (Å²) in [6.45, 7) is 1.03. The van der Waals surface area contributed by atoms with Crippen molar-refractivity contribution < 1.29 is 9.53 Å². The van der Waals surface area contributed by atoms with Crippen molar-refractivity contribution in [1.82, 2.24) is 5.32 Å². The zero-order valence-electron chi connectivity index (χ0n) is 13.3. The van der Waals surface area contributed by atoms with Crippen LogP contribution in [-0.2, 0) is 17.9 Å². The van der Waals surface area contributed by atoms with Crippen molar-refractivity contribution in [3.8, 4) is 0 Å². The van der Waals surface area contributed by atoms with Crippen LogP contribution in [-0.4, -0.2) is 27.1 Å². The van der Waals surface area contributed by atoms with E-state index < -0.39 is 0 Å². The average Bonchev–Trinajstić information content (AvgIpc) is 2.54. The van der Waals surface area contributed by atoms with Crippen LogP contribution in [0.4, 0.5) is 5.69 Å². The number of ether oxygens (including phenoxy) is 1. The molecule has 0 bridgehead atoms. The molecule has 0 heterocycles. The molecule has 1 amide bonds. The predicted molar refractivity (Wildman–Crippen MR) is 89.1 cm³/mol. The van der Waals surface area contributed by atoms with Gasteiger partial charge in [0, 0.05) is 39.0 Å².